The van der Waals surface area contributed by atoms with Crippen molar-refractivity contribution in [1.29, 1.82) is 0 Å². The number of esters is 1. The van der Waals surface area contributed by atoms with Crippen molar-refractivity contribution in [2.75, 3.05) is 26.2 Å². The van der Waals surface area contributed by atoms with Crippen molar-refractivity contribution in [2.24, 2.45) is 0 Å². The maximum absolute atomic E-state index is 13.2. The SMILES string of the molecule is C=C(C)CN(CC)C(=O)COC(=O)c1cc(S(=O)(=O)N2CCc3ccccc3C2)ccc1Cl. The predicted octanol–water partition coefficient (Wildman–Crippen LogP) is 3.67. The number of amides is 1. The van der Waals surface area contributed by atoms with Crippen molar-refractivity contribution in [3.8, 4) is 0 Å². The van der Waals surface area contributed by atoms with E-state index in [1.165, 1.54) is 27.4 Å². The summed E-state index contributed by atoms with van der Waals surface area (Å²) in [6.45, 7) is 8.32. The van der Waals surface area contributed by atoms with E-state index in [9.17, 15) is 18.0 Å². The number of hydrogen-bond acceptors (Lipinski definition) is 5. The summed E-state index contributed by atoms with van der Waals surface area (Å²) in [5.41, 5.74) is 2.78. The summed E-state index contributed by atoms with van der Waals surface area (Å²) in [7, 11) is -3.86. The molecular weight excluding hydrogens is 464 g/mol. The molecule has 176 valence electrons. The Morgan fingerprint density at radius 2 is 1.88 bits per heavy atom. The Morgan fingerprint density at radius 1 is 1.18 bits per heavy atom. The van der Waals surface area contributed by atoms with E-state index >= 15 is 0 Å². The van der Waals surface area contributed by atoms with Crippen LogP contribution in [0.3, 0.4) is 0 Å². The van der Waals surface area contributed by atoms with Gasteiger partial charge in [0.05, 0.1) is 15.5 Å². The number of nitrogens with zero attached hydrogens (tertiary/aromatic N) is 2. The van der Waals surface area contributed by atoms with Crippen molar-refractivity contribution in [1.82, 2.24) is 9.21 Å². The van der Waals surface area contributed by atoms with Gasteiger partial charge in [0.15, 0.2) is 6.61 Å². The van der Waals surface area contributed by atoms with Crippen LogP contribution in [0, 0.1) is 0 Å². The summed E-state index contributed by atoms with van der Waals surface area (Å²) in [6, 6.07) is 11.6. The number of likely N-dealkylation sites (N-methyl/N-ethyl adjacent to an activating group) is 1. The number of fused-ring (bicyclic) bond motifs is 1. The van der Waals surface area contributed by atoms with E-state index in [0.29, 0.717) is 26.1 Å². The zero-order valence-corrected chi connectivity index (χ0v) is 20.3. The molecule has 0 aromatic heterocycles. The summed E-state index contributed by atoms with van der Waals surface area (Å²) in [5.74, 6) is -1.23. The van der Waals surface area contributed by atoms with Crippen LogP contribution in [-0.4, -0.2) is 55.7 Å². The number of hydrogen-bond donors (Lipinski definition) is 0. The lowest BCUT2D eigenvalue weighted by Crippen LogP contribution is -2.36. The highest BCUT2D eigenvalue weighted by molar-refractivity contribution is 7.89. The first-order valence-corrected chi connectivity index (χ1v) is 12.4. The van der Waals surface area contributed by atoms with Crippen molar-refractivity contribution < 1.29 is 22.7 Å². The molecule has 1 aliphatic heterocycles. The van der Waals surface area contributed by atoms with Crippen LogP contribution < -0.4 is 0 Å². The van der Waals surface area contributed by atoms with E-state index in [-0.39, 0.29) is 27.9 Å². The number of rotatable bonds is 8. The van der Waals surface area contributed by atoms with E-state index in [0.717, 1.165) is 16.7 Å². The van der Waals surface area contributed by atoms with Gasteiger partial charge < -0.3 is 9.64 Å². The van der Waals surface area contributed by atoms with Crippen LogP contribution >= 0.6 is 11.6 Å². The summed E-state index contributed by atoms with van der Waals surface area (Å²) in [6.07, 6.45) is 0.609. The smallest absolute Gasteiger partial charge is 0.340 e. The van der Waals surface area contributed by atoms with Gasteiger partial charge in [0, 0.05) is 26.2 Å². The summed E-state index contributed by atoms with van der Waals surface area (Å²) < 4.78 is 33.0. The minimum absolute atomic E-state index is 0.0460. The van der Waals surface area contributed by atoms with Crippen LogP contribution in [0.5, 0.6) is 0 Å². The number of carbonyl (C=O) groups is 2. The van der Waals surface area contributed by atoms with Gasteiger partial charge in [-0.05, 0) is 49.6 Å². The summed E-state index contributed by atoms with van der Waals surface area (Å²) in [5, 5.41) is 0.0460. The monoisotopic (exact) mass is 490 g/mol. The van der Waals surface area contributed by atoms with Crippen molar-refractivity contribution in [3.63, 3.8) is 0 Å². The highest BCUT2D eigenvalue weighted by Crippen LogP contribution is 2.27. The van der Waals surface area contributed by atoms with Gasteiger partial charge in [0.25, 0.3) is 5.91 Å². The Morgan fingerprint density at radius 3 is 2.55 bits per heavy atom. The zero-order chi connectivity index (χ0) is 24.2. The molecule has 0 saturated heterocycles. The van der Waals surface area contributed by atoms with Gasteiger partial charge in [0.1, 0.15) is 0 Å². The topological polar surface area (TPSA) is 84.0 Å². The number of halogens is 1. The Labute approximate surface area is 199 Å². The Kier molecular flexibility index (Phi) is 7.94. The molecular formula is C24H27ClN2O5S. The molecule has 33 heavy (non-hydrogen) atoms. The molecule has 0 N–H and O–H groups in total. The number of ether oxygens (including phenoxy) is 1. The van der Waals surface area contributed by atoms with E-state index in [1.54, 1.807) is 6.92 Å². The minimum atomic E-state index is -3.86. The van der Waals surface area contributed by atoms with Crippen molar-refractivity contribution in [3.05, 3.63) is 76.3 Å². The average Bonchev–Trinajstić information content (AvgIpc) is 2.80. The first-order valence-electron chi connectivity index (χ1n) is 10.6. The normalized spacial score (nSPS) is 13.8. The zero-order valence-electron chi connectivity index (χ0n) is 18.7. The highest BCUT2D eigenvalue weighted by Gasteiger charge is 2.29. The summed E-state index contributed by atoms with van der Waals surface area (Å²) >= 11 is 6.15. The van der Waals surface area contributed by atoms with Crippen LogP contribution in [0.15, 0.2) is 59.5 Å². The quantitative estimate of drug-likeness (QED) is 0.416. The molecule has 3 rings (SSSR count). The second kappa shape index (κ2) is 10.5. The first kappa shape index (κ1) is 25.0. The molecule has 1 aliphatic rings. The lowest BCUT2D eigenvalue weighted by molar-refractivity contribution is -0.133. The highest BCUT2D eigenvalue weighted by atomic mass is 35.5. The molecule has 7 nitrogen and oxygen atoms in total. The third-order valence-electron chi connectivity index (χ3n) is 5.41. The lowest BCUT2D eigenvalue weighted by Gasteiger charge is -2.28. The Bertz CT molecular complexity index is 1180. The van der Waals surface area contributed by atoms with E-state index in [4.69, 9.17) is 16.3 Å². The number of carbonyl (C=O) groups excluding carboxylic acids is 2. The standard InChI is InChI=1S/C24H27ClN2O5S/c1-4-26(14-17(2)3)23(28)16-32-24(29)21-13-20(9-10-22(21)25)33(30,31)27-12-11-18-7-5-6-8-19(18)15-27/h5-10,13H,2,4,11-12,14-16H2,1,3H3. The maximum Gasteiger partial charge on any atom is 0.340 e. The molecule has 0 aliphatic carbocycles. The summed E-state index contributed by atoms with van der Waals surface area (Å²) in [4.78, 5) is 26.4. The van der Waals surface area contributed by atoms with Crippen molar-refractivity contribution in [2.45, 2.75) is 31.7 Å². The molecule has 0 fully saturated rings. The van der Waals surface area contributed by atoms with Crippen LogP contribution in [-0.2, 0) is 32.5 Å². The molecule has 0 atom stereocenters. The van der Waals surface area contributed by atoms with Crippen LogP contribution in [0.25, 0.3) is 0 Å². The first-order chi connectivity index (χ1) is 15.6. The Balaban J connectivity index is 1.75. The average molecular weight is 491 g/mol. The van der Waals surface area contributed by atoms with Gasteiger partial charge in [-0.25, -0.2) is 13.2 Å². The lowest BCUT2D eigenvalue weighted by atomic mass is 10.0. The van der Waals surface area contributed by atoms with Gasteiger partial charge >= 0.3 is 5.97 Å². The maximum atomic E-state index is 13.2. The van der Waals surface area contributed by atoms with Crippen molar-refractivity contribution >= 4 is 33.5 Å². The van der Waals surface area contributed by atoms with E-state index in [1.807, 2.05) is 31.2 Å². The van der Waals surface area contributed by atoms with Gasteiger partial charge in [-0.1, -0.05) is 48.0 Å². The molecule has 0 unspecified atom stereocenters. The number of sulfonamides is 1. The molecule has 2 aromatic rings. The second-order valence-electron chi connectivity index (χ2n) is 7.94. The van der Waals surface area contributed by atoms with E-state index in [2.05, 4.69) is 6.58 Å². The fraction of sp³-hybridized carbons (Fsp3) is 0.333. The third-order valence-corrected chi connectivity index (χ3v) is 7.58. The molecule has 0 spiro atoms. The molecule has 1 amide bonds. The van der Waals surface area contributed by atoms with Crippen LogP contribution in [0.4, 0.5) is 0 Å². The third kappa shape index (κ3) is 5.82. The fourth-order valence-electron chi connectivity index (χ4n) is 3.64. The minimum Gasteiger partial charge on any atom is -0.452 e. The van der Waals surface area contributed by atoms with Crippen LogP contribution in [0.1, 0.15) is 35.3 Å². The number of benzene rings is 2. The van der Waals surface area contributed by atoms with Gasteiger partial charge in [-0.2, -0.15) is 4.31 Å². The second-order valence-corrected chi connectivity index (χ2v) is 10.3. The molecule has 0 radical (unpaired) electrons. The van der Waals surface area contributed by atoms with E-state index < -0.39 is 22.6 Å². The molecule has 9 heteroatoms. The van der Waals surface area contributed by atoms with Gasteiger partial charge in [-0.15, -0.1) is 0 Å². The van der Waals surface area contributed by atoms with Gasteiger partial charge in [0.2, 0.25) is 10.0 Å². The van der Waals surface area contributed by atoms with Gasteiger partial charge in [-0.3, -0.25) is 4.79 Å². The largest absolute Gasteiger partial charge is 0.452 e. The molecule has 0 saturated carbocycles. The Hall–Kier alpha value is -2.68. The molecule has 0 bridgehead atoms. The van der Waals surface area contributed by atoms with Crippen LogP contribution in [0.2, 0.25) is 5.02 Å². The fourth-order valence-corrected chi connectivity index (χ4v) is 5.28. The predicted molar refractivity (Wildman–Crippen MR) is 127 cm³/mol. The molecule has 2 aromatic carbocycles. The molecule has 1 heterocycles.